The molecule has 0 N–H and O–H groups in total. The maximum absolute atomic E-state index is 6.73. The summed E-state index contributed by atoms with van der Waals surface area (Å²) in [5.41, 5.74) is 2.67. The van der Waals surface area contributed by atoms with Crippen LogP contribution in [0.1, 0.15) is 45.2 Å². The van der Waals surface area contributed by atoms with Gasteiger partial charge in [0.25, 0.3) is 0 Å². The quantitative estimate of drug-likeness (QED) is 0.719. The molecule has 1 aromatic carbocycles. The lowest BCUT2D eigenvalue weighted by molar-refractivity contribution is 0.00578. The average Bonchev–Trinajstić information content (AvgIpc) is 2.81. The van der Waals surface area contributed by atoms with E-state index in [0.717, 1.165) is 35.4 Å². The van der Waals surface area contributed by atoms with E-state index >= 15 is 0 Å². The number of likely N-dealkylation sites (N-methyl/N-ethyl adjacent to an activating group) is 1. The Balaban J connectivity index is 1.62. The lowest BCUT2D eigenvalue weighted by Crippen LogP contribution is -2.44. The van der Waals surface area contributed by atoms with Gasteiger partial charge in [0.1, 0.15) is 0 Å². The molecule has 1 aromatic rings. The highest BCUT2D eigenvalue weighted by molar-refractivity contribution is 6.63. The Morgan fingerprint density at radius 2 is 1.63 bits per heavy atom. The van der Waals surface area contributed by atoms with Crippen molar-refractivity contribution in [3.05, 3.63) is 28.3 Å². The molecule has 0 spiro atoms. The number of nitrogens with zero attached hydrogens (tertiary/aromatic N) is 2. The van der Waals surface area contributed by atoms with E-state index in [1.54, 1.807) is 0 Å². The van der Waals surface area contributed by atoms with Crippen LogP contribution in [0.4, 0.5) is 0 Å². The van der Waals surface area contributed by atoms with Gasteiger partial charge in [0.15, 0.2) is 0 Å². The molecule has 2 saturated heterocycles. The second kappa shape index (κ2) is 8.04. The number of benzene rings is 1. The molecule has 0 radical (unpaired) electrons. The van der Waals surface area contributed by atoms with E-state index in [2.05, 4.69) is 63.6 Å². The molecule has 150 valence electrons. The Morgan fingerprint density at radius 3 is 2.22 bits per heavy atom. The zero-order valence-electron chi connectivity index (χ0n) is 17.8. The van der Waals surface area contributed by atoms with Crippen molar-refractivity contribution in [2.45, 2.75) is 58.7 Å². The van der Waals surface area contributed by atoms with Crippen LogP contribution in [-0.2, 0) is 15.7 Å². The molecule has 27 heavy (non-hydrogen) atoms. The monoisotopic (exact) mass is 392 g/mol. The summed E-state index contributed by atoms with van der Waals surface area (Å²) >= 11 is 6.73. The summed E-state index contributed by atoms with van der Waals surface area (Å²) in [5.74, 6) is 0. The normalized spacial score (nSPS) is 23.1. The fourth-order valence-corrected chi connectivity index (χ4v) is 4.01. The minimum Gasteiger partial charge on any atom is -0.399 e. The summed E-state index contributed by atoms with van der Waals surface area (Å²) in [4.78, 5) is 4.95. The maximum atomic E-state index is 6.73. The van der Waals surface area contributed by atoms with Gasteiger partial charge in [-0.2, -0.15) is 0 Å². The van der Waals surface area contributed by atoms with Gasteiger partial charge in [-0.05, 0) is 77.6 Å². The van der Waals surface area contributed by atoms with Gasteiger partial charge in [-0.15, -0.1) is 0 Å². The number of aryl methyl sites for hydroxylation is 1. The van der Waals surface area contributed by atoms with E-state index < -0.39 is 0 Å². The van der Waals surface area contributed by atoms with Crippen LogP contribution in [0, 0.1) is 6.92 Å². The van der Waals surface area contributed by atoms with Crippen molar-refractivity contribution in [3.8, 4) is 0 Å². The smallest absolute Gasteiger partial charge is 0.399 e. The molecule has 0 aromatic heterocycles. The van der Waals surface area contributed by atoms with Crippen molar-refractivity contribution in [2.75, 3.05) is 39.8 Å². The summed E-state index contributed by atoms with van der Waals surface area (Å²) in [6, 6.07) is 4.29. The average molecular weight is 393 g/mol. The summed E-state index contributed by atoms with van der Waals surface area (Å²) in [7, 11) is 1.84. The van der Waals surface area contributed by atoms with Crippen molar-refractivity contribution in [1.82, 2.24) is 9.80 Å². The van der Waals surface area contributed by atoms with Gasteiger partial charge < -0.3 is 19.1 Å². The van der Waals surface area contributed by atoms with Crippen LogP contribution in [0.5, 0.6) is 0 Å². The van der Waals surface area contributed by atoms with Crippen molar-refractivity contribution in [3.63, 3.8) is 0 Å². The molecule has 0 bridgehead atoms. The molecule has 2 aliphatic rings. The SMILES string of the molecule is Cc1c(B2OC(C)(C)C(C)(C)O2)ccc(CCCN2CCN(C)CC2)c1Cl. The predicted octanol–water partition coefficient (Wildman–Crippen LogP) is 3.13. The third-order valence-electron chi connectivity index (χ3n) is 6.53. The molecule has 0 amide bonds. The van der Waals surface area contributed by atoms with Crippen molar-refractivity contribution < 1.29 is 9.31 Å². The number of piperazine rings is 1. The molecular formula is C21H34BClN2O2. The van der Waals surface area contributed by atoms with E-state index in [9.17, 15) is 0 Å². The molecule has 2 heterocycles. The summed E-state index contributed by atoms with van der Waals surface area (Å²) < 4.78 is 12.4. The Bertz CT molecular complexity index is 656. The van der Waals surface area contributed by atoms with Crippen LogP contribution in [0.3, 0.4) is 0 Å². The van der Waals surface area contributed by atoms with Gasteiger partial charge >= 0.3 is 7.12 Å². The lowest BCUT2D eigenvalue weighted by atomic mass is 9.75. The zero-order valence-corrected chi connectivity index (χ0v) is 18.5. The fraction of sp³-hybridized carbons (Fsp3) is 0.714. The minimum atomic E-state index is -0.355. The molecule has 0 aliphatic carbocycles. The standard InChI is InChI=1S/C21H34BClN2O2/c1-16-18(22-26-20(2,3)21(4,5)27-22)10-9-17(19(16)23)8-7-11-25-14-12-24(6)13-15-25/h9-10H,7-8,11-15H2,1-6H3. The molecule has 2 aliphatic heterocycles. The van der Waals surface area contributed by atoms with Crippen LogP contribution in [-0.4, -0.2) is 67.9 Å². The molecule has 6 heteroatoms. The van der Waals surface area contributed by atoms with Crippen LogP contribution < -0.4 is 5.46 Å². The molecular weight excluding hydrogens is 359 g/mol. The molecule has 0 atom stereocenters. The third kappa shape index (κ3) is 4.54. The molecule has 0 saturated carbocycles. The van der Waals surface area contributed by atoms with E-state index in [4.69, 9.17) is 20.9 Å². The van der Waals surface area contributed by atoms with Crippen LogP contribution in [0.25, 0.3) is 0 Å². The van der Waals surface area contributed by atoms with Gasteiger partial charge in [-0.3, -0.25) is 0 Å². The van der Waals surface area contributed by atoms with Crippen molar-refractivity contribution in [1.29, 1.82) is 0 Å². The highest BCUT2D eigenvalue weighted by Crippen LogP contribution is 2.37. The highest BCUT2D eigenvalue weighted by Gasteiger charge is 2.52. The topological polar surface area (TPSA) is 24.9 Å². The Labute approximate surface area is 170 Å². The van der Waals surface area contributed by atoms with E-state index in [0.29, 0.717) is 0 Å². The summed E-state index contributed by atoms with van der Waals surface area (Å²) in [6.45, 7) is 16.2. The Morgan fingerprint density at radius 1 is 1.04 bits per heavy atom. The van der Waals surface area contributed by atoms with E-state index in [1.165, 1.54) is 31.7 Å². The second-order valence-electron chi connectivity index (χ2n) is 9.09. The largest absolute Gasteiger partial charge is 0.495 e. The molecule has 2 fully saturated rings. The first-order chi connectivity index (χ1) is 12.6. The number of hydrogen-bond acceptors (Lipinski definition) is 4. The van der Waals surface area contributed by atoms with E-state index in [-0.39, 0.29) is 18.3 Å². The first-order valence-corrected chi connectivity index (χ1v) is 10.5. The predicted molar refractivity (Wildman–Crippen MR) is 114 cm³/mol. The van der Waals surface area contributed by atoms with Gasteiger partial charge in [0.05, 0.1) is 11.2 Å². The van der Waals surface area contributed by atoms with Crippen molar-refractivity contribution in [2.24, 2.45) is 0 Å². The number of halogens is 1. The minimum absolute atomic E-state index is 0.336. The first kappa shape index (κ1) is 21.1. The van der Waals surface area contributed by atoms with Crippen LogP contribution in [0.15, 0.2) is 12.1 Å². The summed E-state index contributed by atoms with van der Waals surface area (Å²) in [6.07, 6.45) is 2.15. The molecule has 0 unspecified atom stereocenters. The van der Waals surface area contributed by atoms with Crippen LogP contribution in [0.2, 0.25) is 5.02 Å². The fourth-order valence-electron chi connectivity index (χ4n) is 3.74. The van der Waals surface area contributed by atoms with Crippen LogP contribution >= 0.6 is 11.6 Å². The lowest BCUT2D eigenvalue weighted by Gasteiger charge is -2.32. The number of hydrogen-bond donors (Lipinski definition) is 0. The van der Waals surface area contributed by atoms with Gasteiger partial charge in [0.2, 0.25) is 0 Å². The zero-order chi connectivity index (χ0) is 19.8. The molecule has 3 rings (SSSR count). The number of rotatable bonds is 5. The molecule has 4 nitrogen and oxygen atoms in total. The highest BCUT2D eigenvalue weighted by atomic mass is 35.5. The Hall–Kier alpha value is -0.585. The first-order valence-electron chi connectivity index (χ1n) is 10.1. The third-order valence-corrected chi connectivity index (χ3v) is 7.06. The summed E-state index contributed by atoms with van der Waals surface area (Å²) in [5, 5.41) is 0.862. The van der Waals surface area contributed by atoms with Gasteiger partial charge in [-0.1, -0.05) is 23.7 Å². The second-order valence-corrected chi connectivity index (χ2v) is 9.47. The Kier molecular flexibility index (Phi) is 6.29. The van der Waals surface area contributed by atoms with Crippen molar-refractivity contribution >= 4 is 24.2 Å². The van der Waals surface area contributed by atoms with Gasteiger partial charge in [0, 0.05) is 31.2 Å². The maximum Gasteiger partial charge on any atom is 0.495 e. The van der Waals surface area contributed by atoms with E-state index in [1.807, 2.05) is 0 Å². The van der Waals surface area contributed by atoms with Gasteiger partial charge in [-0.25, -0.2) is 0 Å².